The summed E-state index contributed by atoms with van der Waals surface area (Å²) in [7, 11) is 0. The molecule has 19 heavy (non-hydrogen) atoms. The van der Waals surface area contributed by atoms with E-state index in [-0.39, 0.29) is 12.5 Å². The van der Waals surface area contributed by atoms with Gasteiger partial charge in [-0.1, -0.05) is 6.07 Å². The molecule has 2 N–H and O–H groups in total. The first kappa shape index (κ1) is 13.7. The lowest BCUT2D eigenvalue weighted by Gasteiger charge is -2.20. The summed E-state index contributed by atoms with van der Waals surface area (Å²) >= 11 is 0. The largest absolute Gasteiger partial charge is 0.482 e. The van der Waals surface area contributed by atoms with E-state index < -0.39 is 25.1 Å². The summed E-state index contributed by atoms with van der Waals surface area (Å²) < 4.78 is 41.3. The maximum absolute atomic E-state index is 12.1. The van der Waals surface area contributed by atoms with Crippen molar-refractivity contribution in [3.05, 3.63) is 23.8 Å². The van der Waals surface area contributed by atoms with Gasteiger partial charge in [-0.3, -0.25) is 4.79 Å². The van der Waals surface area contributed by atoms with Crippen molar-refractivity contribution in [1.82, 2.24) is 0 Å². The number of fused-ring (bicyclic) bond motifs is 1. The average molecular weight is 275 g/mol. The molecule has 1 amide bonds. The lowest BCUT2D eigenvalue weighted by Crippen LogP contribution is -2.25. The van der Waals surface area contributed by atoms with Crippen LogP contribution in [0.1, 0.15) is 24.5 Å². The molecule has 0 aliphatic carbocycles. The first-order valence-corrected chi connectivity index (χ1v) is 5.66. The van der Waals surface area contributed by atoms with Gasteiger partial charge in [-0.25, -0.2) is 0 Å². The molecule has 2 rings (SSSR count). The Hall–Kier alpha value is -1.76. The number of benzene rings is 1. The van der Waals surface area contributed by atoms with E-state index in [9.17, 15) is 23.1 Å². The van der Waals surface area contributed by atoms with Gasteiger partial charge in [0.2, 0.25) is 0 Å². The Morgan fingerprint density at radius 3 is 2.84 bits per heavy atom. The molecule has 4 nitrogen and oxygen atoms in total. The van der Waals surface area contributed by atoms with Crippen molar-refractivity contribution >= 4 is 11.6 Å². The number of rotatable bonds is 3. The van der Waals surface area contributed by atoms with Crippen LogP contribution in [0.4, 0.5) is 18.9 Å². The quantitative estimate of drug-likeness (QED) is 0.890. The van der Waals surface area contributed by atoms with Crippen LogP contribution in [-0.4, -0.2) is 23.8 Å². The van der Waals surface area contributed by atoms with E-state index in [2.05, 4.69) is 5.32 Å². The van der Waals surface area contributed by atoms with E-state index in [1.807, 2.05) is 0 Å². The summed E-state index contributed by atoms with van der Waals surface area (Å²) in [4.78, 5) is 11.1. The predicted octanol–water partition coefficient (Wildman–Crippen LogP) is 2.39. The van der Waals surface area contributed by atoms with Crippen LogP contribution in [0.5, 0.6) is 5.75 Å². The third kappa shape index (κ3) is 3.60. The minimum absolute atomic E-state index is 0.0943. The second-order valence-electron chi connectivity index (χ2n) is 4.26. The summed E-state index contributed by atoms with van der Waals surface area (Å²) in [5, 5.41) is 12.2. The lowest BCUT2D eigenvalue weighted by atomic mass is 10.0. The van der Waals surface area contributed by atoms with Crippen LogP contribution >= 0.6 is 0 Å². The van der Waals surface area contributed by atoms with Gasteiger partial charge in [0.25, 0.3) is 5.91 Å². The topological polar surface area (TPSA) is 58.6 Å². The fraction of sp³-hybridized carbons (Fsp3) is 0.417. The minimum atomic E-state index is -4.30. The third-order valence-electron chi connectivity index (χ3n) is 2.72. The van der Waals surface area contributed by atoms with Gasteiger partial charge < -0.3 is 15.2 Å². The number of hydrogen-bond donors (Lipinski definition) is 2. The van der Waals surface area contributed by atoms with E-state index in [4.69, 9.17) is 4.74 Å². The molecule has 0 spiro atoms. The Morgan fingerprint density at radius 1 is 1.42 bits per heavy atom. The van der Waals surface area contributed by atoms with Crippen molar-refractivity contribution in [2.75, 3.05) is 11.9 Å². The van der Waals surface area contributed by atoms with Crippen molar-refractivity contribution in [3.8, 4) is 5.75 Å². The number of hydrogen-bond acceptors (Lipinski definition) is 3. The van der Waals surface area contributed by atoms with Gasteiger partial charge in [0.05, 0.1) is 11.8 Å². The smallest absolute Gasteiger partial charge is 0.389 e. The molecule has 7 heteroatoms. The highest BCUT2D eigenvalue weighted by atomic mass is 19.4. The molecule has 1 unspecified atom stereocenters. The van der Waals surface area contributed by atoms with Crippen molar-refractivity contribution in [2.24, 2.45) is 0 Å². The molecule has 0 fully saturated rings. The normalized spacial score (nSPS) is 16.3. The second kappa shape index (κ2) is 5.08. The fourth-order valence-corrected chi connectivity index (χ4v) is 1.78. The van der Waals surface area contributed by atoms with Crippen molar-refractivity contribution in [3.63, 3.8) is 0 Å². The average Bonchev–Trinajstić information content (AvgIpc) is 2.34. The number of carbonyl (C=O) groups excluding carboxylic acids is 1. The van der Waals surface area contributed by atoms with Gasteiger partial charge in [-0.2, -0.15) is 13.2 Å². The molecule has 0 saturated heterocycles. The summed E-state index contributed by atoms with van der Waals surface area (Å²) in [6, 6.07) is 4.42. The number of ether oxygens (including phenoxy) is 1. The van der Waals surface area contributed by atoms with Crippen molar-refractivity contribution in [1.29, 1.82) is 0 Å². The fourth-order valence-electron chi connectivity index (χ4n) is 1.78. The van der Waals surface area contributed by atoms with Gasteiger partial charge in [-0.15, -0.1) is 0 Å². The van der Waals surface area contributed by atoms with Crippen molar-refractivity contribution in [2.45, 2.75) is 25.1 Å². The number of halogens is 3. The molecule has 1 aliphatic rings. The maximum atomic E-state index is 12.1. The van der Waals surface area contributed by atoms with Crippen LogP contribution in [0.15, 0.2) is 18.2 Å². The highest BCUT2D eigenvalue weighted by Gasteiger charge is 2.28. The van der Waals surface area contributed by atoms with Gasteiger partial charge in [0.1, 0.15) is 5.75 Å². The molecule has 1 aliphatic heterocycles. The zero-order valence-corrected chi connectivity index (χ0v) is 9.83. The number of nitrogens with one attached hydrogen (secondary N) is 1. The zero-order chi connectivity index (χ0) is 14.0. The summed E-state index contributed by atoms with van der Waals surface area (Å²) in [6.07, 6.45) is -7.01. The Kier molecular flexibility index (Phi) is 3.66. The summed E-state index contributed by atoms with van der Waals surface area (Å²) in [5.41, 5.74) is 0.675. The molecule has 1 heterocycles. The van der Waals surface area contributed by atoms with E-state index in [1.165, 1.54) is 18.2 Å². The highest BCUT2D eigenvalue weighted by Crippen LogP contribution is 2.33. The number of aliphatic hydroxyl groups is 1. The predicted molar refractivity (Wildman–Crippen MR) is 60.8 cm³/mol. The number of anilines is 1. The zero-order valence-electron chi connectivity index (χ0n) is 9.83. The number of amides is 1. The molecular formula is C12H12F3NO3. The molecule has 1 aromatic carbocycles. The van der Waals surface area contributed by atoms with Crippen LogP contribution in [0.2, 0.25) is 0 Å². The molecule has 0 bridgehead atoms. The Balaban J connectivity index is 2.08. The standard InChI is InChI=1S/C12H12F3NO3/c13-12(14,15)4-3-9(17)7-1-2-10-8(5-7)16-11(18)6-19-10/h1-2,5,9,17H,3-4,6H2,(H,16,18). The SMILES string of the molecule is O=C1COc2ccc(C(O)CCC(F)(F)F)cc2N1. The summed E-state index contributed by atoms with van der Waals surface area (Å²) in [5.74, 6) is 0.0980. The Morgan fingerprint density at radius 2 is 2.16 bits per heavy atom. The molecule has 1 atom stereocenters. The van der Waals surface area contributed by atoms with Gasteiger partial charge in [-0.05, 0) is 24.1 Å². The van der Waals surface area contributed by atoms with Gasteiger partial charge in [0, 0.05) is 6.42 Å². The minimum Gasteiger partial charge on any atom is -0.482 e. The number of alkyl halides is 3. The van der Waals surface area contributed by atoms with E-state index in [1.54, 1.807) is 0 Å². The molecule has 0 radical (unpaired) electrons. The lowest BCUT2D eigenvalue weighted by molar-refractivity contribution is -0.140. The van der Waals surface area contributed by atoms with Gasteiger partial charge >= 0.3 is 6.18 Å². The summed E-state index contributed by atoms with van der Waals surface area (Å²) in [6.45, 7) is -0.0943. The third-order valence-corrected chi connectivity index (χ3v) is 2.72. The molecule has 1 aromatic rings. The maximum Gasteiger partial charge on any atom is 0.389 e. The Bertz CT molecular complexity index is 488. The van der Waals surface area contributed by atoms with Crippen LogP contribution in [-0.2, 0) is 4.79 Å². The highest BCUT2D eigenvalue weighted by molar-refractivity contribution is 5.95. The molecular weight excluding hydrogens is 263 g/mol. The first-order valence-electron chi connectivity index (χ1n) is 5.66. The second-order valence-corrected chi connectivity index (χ2v) is 4.26. The van der Waals surface area contributed by atoms with E-state index in [0.717, 1.165) is 0 Å². The van der Waals surface area contributed by atoms with Gasteiger partial charge in [0.15, 0.2) is 6.61 Å². The molecule has 0 aromatic heterocycles. The molecule has 104 valence electrons. The van der Waals surface area contributed by atoms with Crippen LogP contribution in [0.25, 0.3) is 0 Å². The van der Waals surface area contributed by atoms with Crippen LogP contribution < -0.4 is 10.1 Å². The van der Waals surface area contributed by atoms with Crippen LogP contribution in [0, 0.1) is 0 Å². The number of carbonyl (C=O) groups is 1. The monoisotopic (exact) mass is 275 g/mol. The first-order chi connectivity index (χ1) is 8.85. The van der Waals surface area contributed by atoms with Crippen molar-refractivity contribution < 1.29 is 27.8 Å². The van der Waals surface area contributed by atoms with E-state index in [0.29, 0.717) is 17.0 Å². The molecule has 0 saturated carbocycles. The Labute approximate surface area is 107 Å². The number of aliphatic hydroxyl groups excluding tert-OH is 1. The van der Waals surface area contributed by atoms with E-state index >= 15 is 0 Å². The van der Waals surface area contributed by atoms with Crippen LogP contribution in [0.3, 0.4) is 0 Å².